The van der Waals surface area contributed by atoms with Gasteiger partial charge in [0.25, 0.3) is 0 Å². The minimum absolute atomic E-state index is 0.162. The minimum atomic E-state index is -0.162. The molecule has 16 heavy (non-hydrogen) atoms. The molecule has 90 valence electrons. The zero-order chi connectivity index (χ0) is 11.8. The Morgan fingerprint density at radius 1 is 1.25 bits per heavy atom. The Kier molecular flexibility index (Phi) is 6.43. The molecule has 1 nitrogen and oxygen atoms in total. The molecule has 0 radical (unpaired) electrons. The molecule has 0 spiro atoms. The molecule has 1 N–H and O–H groups in total. The van der Waals surface area contributed by atoms with Crippen LogP contribution in [0.15, 0.2) is 18.2 Å². The Morgan fingerprint density at radius 3 is 2.81 bits per heavy atom. The normalized spacial score (nSPS) is 10.7. The number of alkyl halides is 1. The Morgan fingerprint density at radius 2 is 2.06 bits per heavy atom. The predicted octanol–water partition coefficient (Wildman–Crippen LogP) is 3.63. The van der Waals surface area contributed by atoms with Crippen molar-refractivity contribution in [1.29, 1.82) is 0 Å². The highest BCUT2D eigenvalue weighted by atomic mass is 35.5. The summed E-state index contributed by atoms with van der Waals surface area (Å²) in [5.74, 6) is 0.577. The number of hydrogen-bond donors (Lipinski definition) is 1. The van der Waals surface area contributed by atoms with E-state index in [0.29, 0.717) is 0 Å². The van der Waals surface area contributed by atoms with E-state index in [1.807, 2.05) is 13.0 Å². The van der Waals surface area contributed by atoms with Gasteiger partial charge in [-0.3, -0.25) is 0 Å². The van der Waals surface area contributed by atoms with Crippen LogP contribution in [0.3, 0.4) is 0 Å². The smallest absolute Gasteiger partial charge is 0.123 e. The highest BCUT2D eigenvalue weighted by Crippen LogP contribution is 2.09. The van der Waals surface area contributed by atoms with Gasteiger partial charge in [0.15, 0.2) is 0 Å². The molecule has 0 aliphatic heterocycles. The fraction of sp³-hybridized carbons (Fsp3) is 0.538. The topological polar surface area (TPSA) is 12.0 Å². The van der Waals surface area contributed by atoms with E-state index in [4.69, 9.17) is 11.6 Å². The first-order valence-electron chi connectivity index (χ1n) is 5.75. The first-order chi connectivity index (χ1) is 7.74. The van der Waals surface area contributed by atoms with Gasteiger partial charge in [-0.1, -0.05) is 12.5 Å². The van der Waals surface area contributed by atoms with Crippen LogP contribution in [-0.2, 0) is 6.54 Å². The maximum atomic E-state index is 13.0. The summed E-state index contributed by atoms with van der Waals surface area (Å²) in [4.78, 5) is 0. The Balaban J connectivity index is 2.23. The molecule has 1 aromatic carbocycles. The summed E-state index contributed by atoms with van der Waals surface area (Å²) in [6, 6.07) is 4.92. The van der Waals surface area contributed by atoms with Crippen molar-refractivity contribution in [1.82, 2.24) is 5.32 Å². The molecular weight excluding hydrogens is 225 g/mol. The van der Waals surface area contributed by atoms with E-state index in [1.54, 1.807) is 6.07 Å². The number of benzene rings is 1. The lowest BCUT2D eigenvalue weighted by Gasteiger charge is -2.07. The van der Waals surface area contributed by atoms with Crippen molar-refractivity contribution in [3.05, 3.63) is 35.1 Å². The molecule has 1 rings (SSSR count). The van der Waals surface area contributed by atoms with Crippen LogP contribution in [-0.4, -0.2) is 12.4 Å². The standard InChI is InChI=1S/C13H19ClFN/c1-11-5-6-13(15)9-12(11)10-16-8-4-2-3-7-14/h5-6,9,16H,2-4,7-8,10H2,1H3. The zero-order valence-corrected chi connectivity index (χ0v) is 10.5. The number of halogens is 2. The van der Waals surface area contributed by atoms with E-state index in [1.165, 1.54) is 6.07 Å². The van der Waals surface area contributed by atoms with Gasteiger partial charge in [-0.25, -0.2) is 4.39 Å². The monoisotopic (exact) mass is 243 g/mol. The van der Waals surface area contributed by atoms with Gasteiger partial charge in [-0.2, -0.15) is 0 Å². The Labute approximate surface area is 102 Å². The number of unbranched alkanes of at least 4 members (excludes halogenated alkanes) is 2. The highest BCUT2D eigenvalue weighted by molar-refractivity contribution is 6.17. The van der Waals surface area contributed by atoms with Crippen LogP contribution in [0.4, 0.5) is 4.39 Å². The van der Waals surface area contributed by atoms with Crippen molar-refractivity contribution < 1.29 is 4.39 Å². The van der Waals surface area contributed by atoms with Crippen LogP contribution in [0, 0.1) is 12.7 Å². The van der Waals surface area contributed by atoms with Gasteiger partial charge in [0.2, 0.25) is 0 Å². The number of rotatable bonds is 7. The minimum Gasteiger partial charge on any atom is -0.313 e. The molecule has 1 aromatic rings. The van der Waals surface area contributed by atoms with E-state index in [9.17, 15) is 4.39 Å². The van der Waals surface area contributed by atoms with Crippen LogP contribution < -0.4 is 5.32 Å². The molecular formula is C13H19ClFN. The van der Waals surface area contributed by atoms with Gasteiger partial charge in [-0.05, 0) is 49.6 Å². The summed E-state index contributed by atoms with van der Waals surface area (Å²) in [5, 5.41) is 3.32. The van der Waals surface area contributed by atoms with Crippen LogP contribution >= 0.6 is 11.6 Å². The fourth-order valence-electron chi connectivity index (χ4n) is 1.57. The molecule has 0 heterocycles. The van der Waals surface area contributed by atoms with Crippen LogP contribution in [0.25, 0.3) is 0 Å². The first-order valence-corrected chi connectivity index (χ1v) is 6.29. The maximum Gasteiger partial charge on any atom is 0.123 e. The van der Waals surface area contributed by atoms with Crippen molar-refractivity contribution in [3.63, 3.8) is 0 Å². The molecule has 0 aliphatic rings. The van der Waals surface area contributed by atoms with Gasteiger partial charge >= 0.3 is 0 Å². The van der Waals surface area contributed by atoms with Crippen molar-refractivity contribution in [2.75, 3.05) is 12.4 Å². The van der Waals surface area contributed by atoms with Crippen LogP contribution in [0.1, 0.15) is 30.4 Å². The van der Waals surface area contributed by atoms with Crippen molar-refractivity contribution >= 4 is 11.6 Å². The Hall–Kier alpha value is -0.600. The third-order valence-electron chi connectivity index (χ3n) is 2.61. The average Bonchev–Trinajstić information content (AvgIpc) is 2.28. The van der Waals surface area contributed by atoms with E-state index in [-0.39, 0.29) is 5.82 Å². The number of nitrogens with one attached hydrogen (secondary N) is 1. The number of hydrogen-bond acceptors (Lipinski definition) is 1. The molecule has 0 saturated carbocycles. The third kappa shape index (κ3) is 4.95. The van der Waals surface area contributed by atoms with E-state index in [0.717, 1.165) is 49.4 Å². The lowest BCUT2D eigenvalue weighted by molar-refractivity contribution is 0.604. The van der Waals surface area contributed by atoms with Crippen LogP contribution in [0.2, 0.25) is 0 Å². The van der Waals surface area contributed by atoms with Gasteiger partial charge in [0, 0.05) is 12.4 Å². The maximum absolute atomic E-state index is 13.0. The molecule has 0 fully saturated rings. The second-order valence-corrected chi connectivity index (χ2v) is 4.38. The molecule has 0 unspecified atom stereocenters. The molecule has 3 heteroatoms. The molecule has 0 amide bonds. The lowest BCUT2D eigenvalue weighted by Crippen LogP contribution is -2.15. The molecule has 0 atom stereocenters. The summed E-state index contributed by atoms with van der Waals surface area (Å²) >= 11 is 5.59. The zero-order valence-electron chi connectivity index (χ0n) is 9.73. The largest absolute Gasteiger partial charge is 0.313 e. The number of aryl methyl sites for hydroxylation is 1. The molecule has 0 aromatic heterocycles. The lowest BCUT2D eigenvalue weighted by atomic mass is 10.1. The second-order valence-electron chi connectivity index (χ2n) is 4.00. The van der Waals surface area contributed by atoms with Crippen LogP contribution in [0.5, 0.6) is 0 Å². The average molecular weight is 244 g/mol. The molecule has 0 saturated heterocycles. The molecule has 0 aliphatic carbocycles. The van der Waals surface area contributed by atoms with Crippen molar-refractivity contribution in [2.45, 2.75) is 32.7 Å². The quantitative estimate of drug-likeness (QED) is 0.570. The SMILES string of the molecule is Cc1ccc(F)cc1CNCCCCCCl. The summed E-state index contributed by atoms with van der Waals surface area (Å²) in [6.07, 6.45) is 3.35. The van der Waals surface area contributed by atoms with E-state index in [2.05, 4.69) is 5.32 Å². The van der Waals surface area contributed by atoms with Gasteiger partial charge in [0.05, 0.1) is 0 Å². The van der Waals surface area contributed by atoms with E-state index >= 15 is 0 Å². The van der Waals surface area contributed by atoms with E-state index < -0.39 is 0 Å². The van der Waals surface area contributed by atoms with Crippen molar-refractivity contribution in [3.8, 4) is 0 Å². The summed E-state index contributed by atoms with van der Waals surface area (Å²) < 4.78 is 13.0. The third-order valence-corrected chi connectivity index (χ3v) is 2.88. The summed E-state index contributed by atoms with van der Waals surface area (Å²) in [7, 11) is 0. The van der Waals surface area contributed by atoms with Gasteiger partial charge in [-0.15, -0.1) is 11.6 Å². The highest BCUT2D eigenvalue weighted by Gasteiger charge is 1.99. The summed E-state index contributed by atoms with van der Waals surface area (Å²) in [6.45, 7) is 3.71. The van der Waals surface area contributed by atoms with Gasteiger partial charge in [0.1, 0.15) is 5.82 Å². The first kappa shape index (κ1) is 13.5. The predicted molar refractivity (Wildman–Crippen MR) is 67.4 cm³/mol. The molecule has 0 bridgehead atoms. The summed E-state index contributed by atoms with van der Waals surface area (Å²) in [5.41, 5.74) is 2.17. The van der Waals surface area contributed by atoms with Gasteiger partial charge < -0.3 is 5.32 Å². The fourth-order valence-corrected chi connectivity index (χ4v) is 1.76. The van der Waals surface area contributed by atoms with Crippen molar-refractivity contribution in [2.24, 2.45) is 0 Å². The second kappa shape index (κ2) is 7.64. The Bertz CT molecular complexity index is 315.